The first-order valence-corrected chi connectivity index (χ1v) is 14.1. The van der Waals surface area contributed by atoms with Gasteiger partial charge in [0.15, 0.2) is 0 Å². The molecule has 0 aliphatic heterocycles. The summed E-state index contributed by atoms with van der Waals surface area (Å²) >= 11 is 6.03. The number of hydrogen-bond acceptors (Lipinski definition) is 4. The van der Waals surface area contributed by atoms with Crippen LogP contribution in [0.2, 0.25) is 5.02 Å². The van der Waals surface area contributed by atoms with E-state index in [1.807, 2.05) is 27.7 Å². The number of aryl methyl sites for hydroxylation is 1. The summed E-state index contributed by atoms with van der Waals surface area (Å²) in [5.41, 5.74) is 1.55. The Morgan fingerprint density at radius 2 is 1.50 bits per heavy atom. The van der Waals surface area contributed by atoms with Gasteiger partial charge in [-0.05, 0) is 76.6 Å². The molecule has 0 heterocycles. The largest absolute Gasteiger partial charge is 0.350 e. The lowest BCUT2D eigenvalue weighted by Crippen LogP contribution is -2.54. The van der Waals surface area contributed by atoms with Gasteiger partial charge in [-0.1, -0.05) is 59.6 Å². The summed E-state index contributed by atoms with van der Waals surface area (Å²) in [5.74, 6) is -0.857. The highest BCUT2D eigenvalue weighted by Gasteiger charge is 2.33. The summed E-state index contributed by atoms with van der Waals surface area (Å²) in [6, 6.07) is 21.0. The molecule has 7 nitrogen and oxygen atoms in total. The molecule has 202 valence electrons. The van der Waals surface area contributed by atoms with Crippen molar-refractivity contribution >= 4 is 39.1 Å². The zero-order valence-electron chi connectivity index (χ0n) is 22.3. The van der Waals surface area contributed by atoms with E-state index in [9.17, 15) is 18.0 Å². The SMILES string of the molecule is Cc1ccc(N(CC(=O)N(Cc2ccc(Cl)cc2)C(C)C(=O)NC(C)(C)C)S(=O)(=O)c2ccccc2)cc1. The number of sulfonamides is 1. The van der Waals surface area contributed by atoms with Crippen molar-refractivity contribution in [1.29, 1.82) is 0 Å². The number of benzene rings is 3. The zero-order chi connectivity index (χ0) is 28.1. The zero-order valence-corrected chi connectivity index (χ0v) is 23.9. The maximum absolute atomic E-state index is 13.9. The van der Waals surface area contributed by atoms with Crippen LogP contribution in [0.15, 0.2) is 83.8 Å². The van der Waals surface area contributed by atoms with Crippen LogP contribution in [0.4, 0.5) is 5.69 Å². The summed E-state index contributed by atoms with van der Waals surface area (Å²) in [6.45, 7) is 8.71. The number of nitrogens with one attached hydrogen (secondary N) is 1. The highest BCUT2D eigenvalue weighted by atomic mass is 35.5. The fraction of sp³-hybridized carbons (Fsp3) is 0.310. The molecule has 38 heavy (non-hydrogen) atoms. The van der Waals surface area contributed by atoms with Gasteiger partial charge in [-0.2, -0.15) is 0 Å². The second-order valence-electron chi connectivity index (χ2n) is 10.2. The number of rotatable bonds is 9. The van der Waals surface area contributed by atoms with Crippen molar-refractivity contribution in [2.45, 2.75) is 57.6 Å². The minimum atomic E-state index is -4.08. The molecule has 3 aromatic rings. The molecule has 1 atom stereocenters. The first kappa shape index (κ1) is 29.2. The smallest absolute Gasteiger partial charge is 0.264 e. The van der Waals surface area contributed by atoms with E-state index in [0.717, 1.165) is 15.4 Å². The average molecular weight is 556 g/mol. The van der Waals surface area contributed by atoms with E-state index in [4.69, 9.17) is 11.6 Å². The highest BCUT2D eigenvalue weighted by Crippen LogP contribution is 2.25. The van der Waals surface area contributed by atoms with E-state index < -0.39 is 34.1 Å². The first-order valence-electron chi connectivity index (χ1n) is 12.3. The Hall–Kier alpha value is -3.36. The van der Waals surface area contributed by atoms with Gasteiger partial charge >= 0.3 is 0 Å². The topological polar surface area (TPSA) is 86.8 Å². The maximum Gasteiger partial charge on any atom is 0.264 e. The Bertz CT molecular complexity index is 1350. The molecule has 0 bridgehead atoms. The lowest BCUT2D eigenvalue weighted by molar-refractivity contribution is -0.140. The lowest BCUT2D eigenvalue weighted by Gasteiger charge is -2.33. The molecular weight excluding hydrogens is 522 g/mol. The summed E-state index contributed by atoms with van der Waals surface area (Å²) < 4.78 is 28.5. The van der Waals surface area contributed by atoms with E-state index in [2.05, 4.69) is 5.32 Å². The molecule has 3 aromatic carbocycles. The van der Waals surface area contributed by atoms with E-state index in [1.54, 1.807) is 73.7 Å². The van der Waals surface area contributed by atoms with Crippen molar-refractivity contribution in [1.82, 2.24) is 10.2 Å². The van der Waals surface area contributed by atoms with Gasteiger partial charge < -0.3 is 10.2 Å². The monoisotopic (exact) mass is 555 g/mol. The molecule has 0 spiro atoms. The molecule has 3 rings (SSSR count). The van der Waals surface area contributed by atoms with Crippen LogP contribution in [-0.4, -0.2) is 43.3 Å². The molecule has 0 radical (unpaired) electrons. The van der Waals surface area contributed by atoms with Gasteiger partial charge in [0.05, 0.1) is 10.6 Å². The number of hydrogen-bond donors (Lipinski definition) is 1. The summed E-state index contributed by atoms with van der Waals surface area (Å²) in [6.07, 6.45) is 0. The van der Waals surface area contributed by atoms with Gasteiger partial charge in [0.1, 0.15) is 12.6 Å². The number of nitrogens with zero attached hydrogens (tertiary/aromatic N) is 2. The number of anilines is 1. The molecule has 0 saturated carbocycles. The number of halogens is 1. The Kier molecular flexibility index (Phi) is 9.22. The number of amides is 2. The van der Waals surface area contributed by atoms with Crippen LogP contribution in [0.5, 0.6) is 0 Å². The van der Waals surface area contributed by atoms with E-state index >= 15 is 0 Å². The van der Waals surface area contributed by atoms with Crippen molar-refractivity contribution in [3.8, 4) is 0 Å². The Labute approximate surface area is 230 Å². The first-order chi connectivity index (χ1) is 17.8. The van der Waals surface area contributed by atoms with Gasteiger partial charge in [0, 0.05) is 17.1 Å². The third kappa shape index (κ3) is 7.58. The van der Waals surface area contributed by atoms with Crippen LogP contribution < -0.4 is 9.62 Å². The fourth-order valence-electron chi connectivity index (χ4n) is 3.80. The van der Waals surface area contributed by atoms with E-state index in [-0.39, 0.29) is 17.3 Å². The van der Waals surface area contributed by atoms with Gasteiger partial charge in [-0.15, -0.1) is 0 Å². The van der Waals surface area contributed by atoms with Gasteiger partial charge in [-0.25, -0.2) is 8.42 Å². The number of carbonyl (C=O) groups is 2. The Morgan fingerprint density at radius 3 is 2.05 bits per heavy atom. The third-order valence-corrected chi connectivity index (χ3v) is 7.90. The molecule has 0 saturated heterocycles. The molecule has 9 heteroatoms. The summed E-state index contributed by atoms with van der Waals surface area (Å²) in [5, 5.41) is 3.46. The van der Waals surface area contributed by atoms with Crippen LogP contribution in [0, 0.1) is 6.92 Å². The van der Waals surface area contributed by atoms with Crippen molar-refractivity contribution in [3.05, 3.63) is 95.0 Å². The second-order valence-corrected chi connectivity index (χ2v) is 12.5. The Morgan fingerprint density at radius 1 is 0.921 bits per heavy atom. The van der Waals surface area contributed by atoms with Gasteiger partial charge in [-0.3, -0.25) is 13.9 Å². The van der Waals surface area contributed by atoms with Crippen molar-refractivity contribution in [3.63, 3.8) is 0 Å². The maximum atomic E-state index is 13.9. The van der Waals surface area contributed by atoms with Crippen LogP contribution in [0.25, 0.3) is 0 Å². The highest BCUT2D eigenvalue weighted by molar-refractivity contribution is 7.92. The standard InChI is InChI=1S/C29H34ClN3O4S/c1-21-11-17-25(18-12-21)33(38(36,37)26-9-7-6-8-10-26)20-27(34)32(19-23-13-15-24(30)16-14-23)22(2)28(35)31-29(3,4)5/h6-18,22H,19-20H2,1-5H3,(H,31,35). The summed E-state index contributed by atoms with van der Waals surface area (Å²) in [4.78, 5) is 28.4. The predicted molar refractivity (Wildman–Crippen MR) is 152 cm³/mol. The molecular formula is C29H34ClN3O4S. The lowest BCUT2D eigenvalue weighted by atomic mass is 10.1. The van der Waals surface area contributed by atoms with Gasteiger partial charge in [0.25, 0.3) is 10.0 Å². The molecule has 1 N–H and O–H groups in total. The third-order valence-electron chi connectivity index (χ3n) is 5.86. The van der Waals surface area contributed by atoms with Crippen molar-refractivity contribution in [2.75, 3.05) is 10.8 Å². The molecule has 0 aliphatic carbocycles. The summed E-state index contributed by atoms with van der Waals surface area (Å²) in [7, 11) is -4.08. The minimum absolute atomic E-state index is 0.0659. The normalized spacial score (nSPS) is 12.5. The van der Waals surface area contributed by atoms with Crippen LogP contribution >= 0.6 is 11.6 Å². The molecule has 1 unspecified atom stereocenters. The van der Waals surface area contributed by atoms with Crippen molar-refractivity contribution < 1.29 is 18.0 Å². The molecule has 0 fully saturated rings. The van der Waals surface area contributed by atoms with Crippen LogP contribution in [0.1, 0.15) is 38.8 Å². The molecule has 0 aliphatic rings. The van der Waals surface area contributed by atoms with Crippen LogP contribution in [-0.2, 0) is 26.2 Å². The van der Waals surface area contributed by atoms with Gasteiger partial charge in [0.2, 0.25) is 11.8 Å². The van der Waals surface area contributed by atoms with Crippen LogP contribution in [0.3, 0.4) is 0 Å². The average Bonchev–Trinajstić information content (AvgIpc) is 2.86. The molecule has 2 amide bonds. The molecule has 0 aromatic heterocycles. The van der Waals surface area contributed by atoms with E-state index in [0.29, 0.717) is 10.7 Å². The fourth-order valence-corrected chi connectivity index (χ4v) is 5.36. The quantitative estimate of drug-likeness (QED) is 0.394. The predicted octanol–water partition coefficient (Wildman–Crippen LogP) is 5.18. The second kappa shape index (κ2) is 12.0. The van der Waals surface area contributed by atoms with Crippen molar-refractivity contribution in [2.24, 2.45) is 0 Å². The van der Waals surface area contributed by atoms with E-state index in [1.165, 1.54) is 17.0 Å². The number of carbonyl (C=O) groups excluding carboxylic acids is 2. The Balaban J connectivity index is 2.01. The minimum Gasteiger partial charge on any atom is -0.350 e.